The molecule has 1 heterocycles. The molecule has 4 nitrogen and oxygen atoms in total. The van der Waals surface area contributed by atoms with E-state index in [1.807, 2.05) is 23.9 Å². The Bertz CT molecular complexity index is 543. The van der Waals surface area contributed by atoms with Gasteiger partial charge >= 0.3 is 0 Å². The first kappa shape index (κ1) is 15.1. The highest BCUT2D eigenvalue weighted by Gasteiger charge is 2.13. The van der Waals surface area contributed by atoms with Gasteiger partial charge in [0.1, 0.15) is 0 Å². The second kappa shape index (κ2) is 6.41. The molecule has 1 aromatic carbocycles. The molecule has 2 rings (SSSR count). The van der Waals surface area contributed by atoms with E-state index in [0.29, 0.717) is 18.3 Å². The molecule has 2 aromatic rings. The fourth-order valence-electron chi connectivity index (χ4n) is 1.65. The Hall–Kier alpha value is -1.33. The average molecular weight is 291 g/mol. The largest absolute Gasteiger partial charge is 0.338 e. The Morgan fingerprint density at radius 2 is 1.90 bits per heavy atom. The number of nitrogens with zero attached hydrogens (tertiary/aromatic N) is 2. The lowest BCUT2D eigenvalue weighted by Gasteiger charge is -2.18. The number of hydrogen-bond donors (Lipinski definition) is 1. The van der Waals surface area contributed by atoms with Crippen LogP contribution in [0.5, 0.6) is 0 Å². The molecule has 0 amide bonds. The molecule has 0 fully saturated rings. The van der Waals surface area contributed by atoms with Crippen LogP contribution in [0.1, 0.15) is 33.6 Å². The van der Waals surface area contributed by atoms with E-state index in [-0.39, 0.29) is 5.54 Å². The molecule has 0 saturated carbocycles. The van der Waals surface area contributed by atoms with Crippen molar-refractivity contribution in [2.75, 3.05) is 5.75 Å². The number of thioether (sulfide) groups is 1. The highest BCUT2D eigenvalue weighted by atomic mass is 32.2. The monoisotopic (exact) mass is 291 g/mol. The maximum absolute atomic E-state index is 5.26. The van der Waals surface area contributed by atoms with Crippen LogP contribution in [0.4, 0.5) is 0 Å². The number of benzene rings is 1. The van der Waals surface area contributed by atoms with E-state index < -0.39 is 0 Å². The van der Waals surface area contributed by atoms with Crippen molar-refractivity contribution in [3.05, 3.63) is 30.2 Å². The first-order valence-corrected chi connectivity index (χ1v) is 7.77. The molecule has 0 unspecified atom stereocenters. The van der Waals surface area contributed by atoms with Crippen LogP contribution in [0.15, 0.2) is 33.7 Å². The molecule has 0 aliphatic carbocycles. The van der Waals surface area contributed by atoms with E-state index in [1.54, 1.807) is 0 Å². The maximum Gasteiger partial charge on any atom is 0.240 e. The second-order valence-corrected chi connectivity index (χ2v) is 6.91. The van der Waals surface area contributed by atoms with E-state index >= 15 is 0 Å². The van der Waals surface area contributed by atoms with Gasteiger partial charge < -0.3 is 9.84 Å². The smallest absolute Gasteiger partial charge is 0.240 e. The molecule has 0 radical (unpaired) electrons. The van der Waals surface area contributed by atoms with Gasteiger partial charge in [0.2, 0.25) is 11.7 Å². The zero-order chi connectivity index (χ0) is 14.6. The van der Waals surface area contributed by atoms with Crippen LogP contribution in [-0.4, -0.2) is 21.4 Å². The number of nitrogens with one attached hydrogen (secondary N) is 1. The zero-order valence-electron chi connectivity index (χ0n) is 12.4. The maximum atomic E-state index is 5.26. The summed E-state index contributed by atoms with van der Waals surface area (Å²) in [5.74, 6) is 2.33. The van der Waals surface area contributed by atoms with Crippen LogP contribution in [0.2, 0.25) is 0 Å². The lowest BCUT2D eigenvalue weighted by molar-refractivity contribution is 0.336. The van der Waals surface area contributed by atoms with Gasteiger partial charge in [-0.3, -0.25) is 0 Å². The molecule has 0 spiro atoms. The predicted octanol–water partition coefficient (Wildman–Crippen LogP) is 3.74. The van der Waals surface area contributed by atoms with Gasteiger partial charge in [-0.1, -0.05) is 12.1 Å². The molecule has 1 aromatic heterocycles. The van der Waals surface area contributed by atoms with Gasteiger partial charge in [-0.2, -0.15) is 4.98 Å². The normalized spacial score (nSPS) is 11.8. The summed E-state index contributed by atoms with van der Waals surface area (Å²) in [7, 11) is 0. The summed E-state index contributed by atoms with van der Waals surface area (Å²) in [4.78, 5) is 5.67. The van der Waals surface area contributed by atoms with E-state index in [2.05, 4.69) is 55.3 Å². The Morgan fingerprint density at radius 3 is 2.50 bits per heavy atom. The SMILES string of the molecule is CCSc1ccc(-c2noc(CNC(C)(C)C)n2)cc1. The fraction of sp³-hybridized carbons (Fsp3) is 0.467. The third-order valence-electron chi connectivity index (χ3n) is 2.66. The van der Waals surface area contributed by atoms with Crippen molar-refractivity contribution in [1.29, 1.82) is 0 Å². The summed E-state index contributed by atoms with van der Waals surface area (Å²) in [6.07, 6.45) is 0. The van der Waals surface area contributed by atoms with Crippen LogP contribution in [0, 0.1) is 0 Å². The van der Waals surface area contributed by atoms with Crippen molar-refractivity contribution < 1.29 is 4.52 Å². The van der Waals surface area contributed by atoms with Crippen LogP contribution in [0.3, 0.4) is 0 Å². The molecular formula is C15H21N3OS. The van der Waals surface area contributed by atoms with Gasteiger partial charge in [-0.05, 0) is 50.8 Å². The molecule has 0 bridgehead atoms. The third-order valence-corrected chi connectivity index (χ3v) is 3.56. The second-order valence-electron chi connectivity index (χ2n) is 5.57. The molecular weight excluding hydrogens is 270 g/mol. The van der Waals surface area contributed by atoms with Gasteiger partial charge in [0.25, 0.3) is 0 Å². The van der Waals surface area contributed by atoms with E-state index in [9.17, 15) is 0 Å². The van der Waals surface area contributed by atoms with Gasteiger partial charge in [0.15, 0.2) is 0 Å². The van der Waals surface area contributed by atoms with E-state index in [1.165, 1.54) is 4.90 Å². The molecule has 0 aliphatic heterocycles. The highest BCUT2D eigenvalue weighted by Crippen LogP contribution is 2.22. The predicted molar refractivity (Wildman–Crippen MR) is 82.7 cm³/mol. The Morgan fingerprint density at radius 1 is 1.20 bits per heavy atom. The summed E-state index contributed by atoms with van der Waals surface area (Å²) in [5.41, 5.74) is 1.02. The summed E-state index contributed by atoms with van der Waals surface area (Å²) in [6.45, 7) is 9.05. The zero-order valence-corrected chi connectivity index (χ0v) is 13.3. The minimum Gasteiger partial charge on any atom is -0.338 e. The van der Waals surface area contributed by atoms with Crippen molar-refractivity contribution in [3.8, 4) is 11.4 Å². The van der Waals surface area contributed by atoms with Gasteiger partial charge in [0, 0.05) is 16.0 Å². The summed E-state index contributed by atoms with van der Waals surface area (Å²) < 4.78 is 5.26. The van der Waals surface area contributed by atoms with Gasteiger partial charge in [0.05, 0.1) is 6.54 Å². The molecule has 108 valence electrons. The first-order valence-electron chi connectivity index (χ1n) is 6.79. The lowest BCUT2D eigenvalue weighted by atomic mass is 10.1. The van der Waals surface area contributed by atoms with Crippen molar-refractivity contribution >= 4 is 11.8 Å². The summed E-state index contributed by atoms with van der Waals surface area (Å²) in [5, 5.41) is 7.36. The average Bonchev–Trinajstić information content (AvgIpc) is 2.86. The van der Waals surface area contributed by atoms with Crippen LogP contribution in [-0.2, 0) is 6.54 Å². The number of rotatable bonds is 5. The molecule has 1 N–H and O–H groups in total. The highest BCUT2D eigenvalue weighted by molar-refractivity contribution is 7.99. The molecule has 0 saturated heterocycles. The third kappa shape index (κ3) is 4.35. The summed E-state index contributed by atoms with van der Waals surface area (Å²) >= 11 is 1.82. The molecule has 5 heteroatoms. The topological polar surface area (TPSA) is 51.0 Å². The lowest BCUT2D eigenvalue weighted by Crippen LogP contribution is -2.35. The Kier molecular flexibility index (Phi) is 4.83. The van der Waals surface area contributed by atoms with Crippen molar-refractivity contribution in [2.24, 2.45) is 0 Å². The van der Waals surface area contributed by atoms with Crippen LogP contribution >= 0.6 is 11.8 Å². The minimum atomic E-state index is 0.0354. The Balaban J connectivity index is 2.04. The van der Waals surface area contributed by atoms with Crippen LogP contribution in [0.25, 0.3) is 11.4 Å². The number of hydrogen-bond acceptors (Lipinski definition) is 5. The molecule has 0 atom stereocenters. The molecule has 20 heavy (non-hydrogen) atoms. The summed E-state index contributed by atoms with van der Waals surface area (Å²) in [6, 6.07) is 8.24. The standard InChI is InChI=1S/C15H21N3OS/c1-5-20-12-8-6-11(7-9-12)14-17-13(19-18-14)10-16-15(2,3)4/h6-9,16H,5,10H2,1-4H3. The van der Waals surface area contributed by atoms with E-state index in [0.717, 1.165) is 11.3 Å². The molecule has 0 aliphatic rings. The van der Waals surface area contributed by atoms with Crippen molar-refractivity contribution in [2.45, 2.75) is 44.7 Å². The van der Waals surface area contributed by atoms with Crippen LogP contribution < -0.4 is 5.32 Å². The van der Waals surface area contributed by atoms with Gasteiger partial charge in [-0.25, -0.2) is 0 Å². The Labute approximate surface area is 124 Å². The first-order chi connectivity index (χ1) is 9.48. The fourth-order valence-corrected chi connectivity index (χ4v) is 2.31. The minimum absolute atomic E-state index is 0.0354. The number of aromatic nitrogens is 2. The van der Waals surface area contributed by atoms with Gasteiger partial charge in [-0.15, -0.1) is 11.8 Å². The van der Waals surface area contributed by atoms with Crippen molar-refractivity contribution in [3.63, 3.8) is 0 Å². The van der Waals surface area contributed by atoms with Crippen molar-refractivity contribution in [1.82, 2.24) is 15.5 Å². The quantitative estimate of drug-likeness (QED) is 0.851. The van der Waals surface area contributed by atoms with E-state index in [4.69, 9.17) is 4.52 Å².